The predicted molar refractivity (Wildman–Crippen MR) is 104 cm³/mol. The molecule has 1 saturated carbocycles. The van der Waals surface area contributed by atoms with Gasteiger partial charge in [-0.15, -0.1) is 5.10 Å². The van der Waals surface area contributed by atoms with Crippen LogP contribution in [0.2, 0.25) is 5.02 Å². The molecule has 0 aliphatic heterocycles. The molecule has 1 heterocycles. The summed E-state index contributed by atoms with van der Waals surface area (Å²) in [6.45, 7) is 0.434. The lowest BCUT2D eigenvalue weighted by molar-refractivity contribution is 0.140. The number of ether oxygens (including phenoxy) is 1. The highest BCUT2D eigenvalue weighted by Crippen LogP contribution is 2.34. The monoisotopic (exact) mass is 380 g/mol. The van der Waals surface area contributed by atoms with Gasteiger partial charge in [-0.05, 0) is 54.7 Å². The van der Waals surface area contributed by atoms with E-state index in [2.05, 4.69) is 16.5 Å². The van der Waals surface area contributed by atoms with Crippen LogP contribution in [0.4, 0.5) is 10.6 Å². The van der Waals surface area contributed by atoms with Crippen LogP contribution >= 0.6 is 11.6 Å². The maximum absolute atomic E-state index is 12.4. The van der Waals surface area contributed by atoms with Gasteiger partial charge >= 0.3 is 6.09 Å². The molecule has 0 saturated heterocycles. The van der Waals surface area contributed by atoms with Crippen molar-refractivity contribution in [2.45, 2.75) is 12.8 Å². The van der Waals surface area contributed by atoms with Crippen molar-refractivity contribution in [3.8, 4) is 17.2 Å². The number of anilines is 1. The second-order valence-corrected chi connectivity index (χ2v) is 6.98. The highest BCUT2D eigenvalue weighted by atomic mass is 35.5. The van der Waals surface area contributed by atoms with Crippen molar-refractivity contribution in [3.63, 3.8) is 0 Å². The molecule has 0 amide bonds. The molecule has 1 aromatic heterocycles. The molecule has 1 N–H and O–H groups in total. The first-order valence-corrected chi connectivity index (χ1v) is 9.06. The first kappa shape index (κ1) is 17.4. The molecule has 2 aromatic carbocycles. The Morgan fingerprint density at radius 1 is 1.37 bits per heavy atom. The van der Waals surface area contributed by atoms with Crippen LogP contribution in [0.5, 0.6) is 0 Å². The van der Waals surface area contributed by atoms with Crippen molar-refractivity contribution < 1.29 is 9.53 Å². The van der Waals surface area contributed by atoms with Gasteiger partial charge in [0, 0.05) is 23.0 Å². The molecule has 0 bridgehead atoms. The van der Waals surface area contributed by atoms with Gasteiger partial charge in [0.25, 0.3) is 0 Å². The Morgan fingerprint density at radius 3 is 2.89 bits per heavy atom. The van der Waals surface area contributed by atoms with Crippen LogP contribution in [-0.2, 0) is 4.74 Å². The van der Waals surface area contributed by atoms with Crippen LogP contribution in [-0.4, -0.2) is 29.5 Å². The molecule has 0 atom stereocenters. The molecule has 0 spiro atoms. The van der Waals surface area contributed by atoms with Gasteiger partial charge in [-0.2, -0.15) is 9.94 Å². The minimum atomic E-state index is -0.481. The number of rotatable bonds is 4. The minimum absolute atomic E-state index is 0.434. The minimum Gasteiger partial charge on any atom is -0.448 e. The number of nitrogens with one attached hydrogen (secondary N) is 1. The molecule has 3 aromatic rings. The van der Waals surface area contributed by atoms with E-state index in [9.17, 15) is 4.79 Å². The lowest BCUT2D eigenvalue weighted by Crippen LogP contribution is -2.16. The van der Waals surface area contributed by atoms with Crippen molar-refractivity contribution >= 4 is 34.4 Å². The first-order valence-electron chi connectivity index (χ1n) is 8.68. The molecule has 1 aliphatic carbocycles. The number of hydrogen-bond acceptors (Lipinski definition) is 5. The van der Waals surface area contributed by atoms with E-state index >= 15 is 0 Å². The van der Waals surface area contributed by atoms with Gasteiger partial charge in [0.2, 0.25) is 0 Å². The number of fused-ring (bicyclic) bond motifs is 1. The fourth-order valence-electron chi connectivity index (χ4n) is 2.96. The Balaban J connectivity index is 1.76. The number of carbonyl (C=O) groups excluding carboxylic acids is 1. The lowest BCUT2D eigenvalue weighted by Gasteiger charge is -2.07. The molecule has 136 valence electrons. The number of benzene rings is 2. The van der Waals surface area contributed by atoms with Crippen molar-refractivity contribution in [1.82, 2.24) is 9.78 Å². The zero-order chi connectivity index (χ0) is 19.0. The average Bonchev–Trinajstić information content (AvgIpc) is 3.45. The highest BCUT2D eigenvalue weighted by Gasteiger charge is 2.24. The summed E-state index contributed by atoms with van der Waals surface area (Å²) in [5.41, 5.74) is 2.77. The zero-order valence-electron chi connectivity index (χ0n) is 14.7. The summed E-state index contributed by atoms with van der Waals surface area (Å²) in [7, 11) is 1.75. The van der Waals surface area contributed by atoms with E-state index < -0.39 is 6.09 Å². The number of carbonyl (C=O) groups is 1. The molecule has 0 unspecified atom stereocenters. The summed E-state index contributed by atoms with van der Waals surface area (Å²) < 4.78 is 6.64. The molecule has 1 aliphatic rings. The second-order valence-electron chi connectivity index (χ2n) is 6.57. The number of aromatic nitrogens is 2. The van der Waals surface area contributed by atoms with Crippen LogP contribution < -0.4 is 5.32 Å². The van der Waals surface area contributed by atoms with E-state index in [0.717, 1.165) is 29.4 Å². The Morgan fingerprint density at radius 2 is 2.19 bits per heavy atom. The van der Waals surface area contributed by atoms with E-state index in [-0.39, 0.29) is 0 Å². The summed E-state index contributed by atoms with van der Waals surface area (Å²) in [4.78, 5) is 12.4. The summed E-state index contributed by atoms with van der Waals surface area (Å²) in [5.74, 6) is 1.06. The summed E-state index contributed by atoms with van der Waals surface area (Å²) in [6.07, 6.45) is 1.74. The van der Waals surface area contributed by atoms with Crippen molar-refractivity contribution in [2.75, 3.05) is 19.0 Å². The van der Waals surface area contributed by atoms with Crippen molar-refractivity contribution in [3.05, 3.63) is 47.0 Å². The maximum atomic E-state index is 12.4. The van der Waals surface area contributed by atoms with Crippen molar-refractivity contribution in [1.29, 1.82) is 5.26 Å². The molecular formula is C20H17ClN4O2. The summed E-state index contributed by atoms with van der Waals surface area (Å²) in [6, 6.07) is 12.8. The van der Waals surface area contributed by atoms with E-state index in [1.165, 1.54) is 4.68 Å². The van der Waals surface area contributed by atoms with Crippen LogP contribution in [0.3, 0.4) is 0 Å². The van der Waals surface area contributed by atoms with Gasteiger partial charge in [-0.3, -0.25) is 0 Å². The van der Waals surface area contributed by atoms with E-state index in [0.29, 0.717) is 34.4 Å². The van der Waals surface area contributed by atoms with Crippen LogP contribution in [0, 0.1) is 17.2 Å². The first-order chi connectivity index (χ1) is 13.1. The van der Waals surface area contributed by atoms with Crippen LogP contribution in [0.1, 0.15) is 18.4 Å². The highest BCUT2D eigenvalue weighted by molar-refractivity contribution is 6.33. The Labute approximate surface area is 161 Å². The lowest BCUT2D eigenvalue weighted by atomic mass is 10.0. The standard InChI is InChI=1S/C20H17ClN4O2/c1-23-19-16-9-14(15-8-13(10-22)4-6-17(15)21)5-7-18(16)25(24-19)20(26)27-11-12-2-3-12/h4-9,12H,2-3,11H2,1H3,(H,23,24). The molecule has 7 heteroatoms. The normalized spacial score (nSPS) is 13.4. The third-order valence-electron chi connectivity index (χ3n) is 4.64. The molecule has 1 fully saturated rings. The van der Waals surface area contributed by atoms with E-state index in [1.807, 2.05) is 18.2 Å². The quantitative estimate of drug-likeness (QED) is 0.711. The fraction of sp³-hybridized carbons (Fsp3) is 0.250. The zero-order valence-corrected chi connectivity index (χ0v) is 15.5. The second kappa shape index (κ2) is 6.93. The number of nitriles is 1. The SMILES string of the molecule is CNc1nn(C(=O)OCC2CC2)c2ccc(-c3cc(C#N)ccc3Cl)cc12. The van der Waals surface area contributed by atoms with Crippen LogP contribution in [0.15, 0.2) is 36.4 Å². The van der Waals surface area contributed by atoms with Gasteiger partial charge in [0.1, 0.15) is 0 Å². The fourth-order valence-corrected chi connectivity index (χ4v) is 3.19. The van der Waals surface area contributed by atoms with Gasteiger partial charge in [0.05, 0.1) is 23.8 Å². The third-order valence-corrected chi connectivity index (χ3v) is 4.97. The van der Waals surface area contributed by atoms with Crippen LogP contribution in [0.25, 0.3) is 22.0 Å². The number of hydrogen-bond donors (Lipinski definition) is 1. The Hall–Kier alpha value is -3.04. The van der Waals surface area contributed by atoms with Gasteiger partial charge < -0.3 is 10.1 Å². The summed E-state index contributed by atoms with van der Waals surface area (Å²) >= 11 is 6.33. The Bertz CT molecular complexity index is 1080. The van der Waals surface area contributed by atoms with Gasteiger partial charge in [0.15, 0.2) is 5.82 Å². The Kier molecular flexibility index (Phi) is 4.46. The number of nitrogens with zero attached hydrogens (tertiary/aromatic N) is 3. The largest absolute Gasteiger partial charge is 0.448 e. The number of halogens is 1. The molecule has 0 radical (unpaired) electrons. The average molecular weight is 381 g/mol. The maximum Gasteiger partial charge on any atom is 0.435 e. The van der Waals surface area contributed by atoms with Crippen molar-refractivity contribution in [2.24, 2.45) is 5.92 Å². The van der Waals surface area contributed by atoms with Gasteiger partial charge in [-0.1, -0.05) is 17.7 Å². The van der Waals surface area contributed by atoms with Gasteiger partial charge in [-0.25, -0.2) is 4.79 Å². The molecule has 6 nitrogen and oxygen atoms in total. The smallest absolute Gasteiger partial charge is 0.435 e. The van der Waals surface area contributed by atoms with E-state index in [4.69, 9.17) is 21.6 Å². The molecular weight excluding hydrogens is 364 g/mol. The topological polar surface area (TPSA) is 79.9 Å². The third kappa shape index (κ3) is 3.34. The summed E-state index contributed by atoms with van der Waals surface area (Å²) in [5, 5.41) is 17.8. The molecule has 4 rings (SSSR count). The van der Waals surface area contributed by atoms with E-state index in [1.54, 1.807) is 25.2 Å². The predicted octanol–water partition coefficient (Wildman–Crippen LogP) is 4.66. The molecule has 27 heavy (non-hydrogen) atoms.